The predicted molar refractivity (Wildman–Crippen MR) is 63.5 cm³/mol. The number of hydrogen-bond acceptors (Lipinski definition) is 2. The molecule has 0 bridgehead atoms. The summed E-state index contributed by atoms with van der Waals surface area (Å²) in [5, 5.41) is 6.84. The fourth-order valence-corrected chi connectivity index (χ4v) is 2.67. The van der Waals surface area contributed by atoms with Crippen molar-refractivity contribution in [2.45, 2.75) is 62.8 Å². The van der Waals surface area contributed by atoms with E-state index in [-0.39, 0.29) is 18.9 Å². The first-order chi connectivity index (χ1) is 8.31. The highest BCUT2D eigenvalue weighted by atomic mass is 35.5. The molecule has 0 heterocycles. The quantitative estimate of drug-likeness (QED) is 0.779. The molecule has 0 spiro atoms. The van der Waals surface area contributed by atoms with Crippen LogP contribution in [0.15, 0.2) is 0 Å². The molecule has 1 rings (SSSR count). The van der Waals surface area contributed by atoms with Crippen molar-refractivity contribution in [1.82, 2.24) is 0 Å². The van der Waals surface area contributed by atoms with Crippen molar-refractivity contribution in [3.05, 3.63) is 0 Å². The molecule has 0 aromatic heterocycles. The van der Waals surface area contributed by atoms with Crippen molar-refractivity contribution >= 4 is 11.6 Å². The molecule has 18 heavy (non-hydrogen) atoms. The van der Waals surface area contributed by atoms with Crippen molar-refractivity contribution in [2.24, 2.45) is 5.92 Å². The Hall–Kier alpha value is -0.0000000000000000555. The summed E-state index contributed by atoms with van der Waals surface area (Å²) in [6.45, 7) is 1.24. The van der Waals surface area contributed by atoms with Gasteiger partial charge in [0.1, 0.15) is 6.10 Å². The van der Waals surface area contributed by atoms with E-state index in [0.29, 0.717) is 0 Å². The number of aliphatic hydroxyl groups is 1. The molecule has 0 aliphatic heterocycles. The summed E-state index contributed by atoms with van der Waals surface area (Å²) in [6.07, 6.45) is -1.62. The molecule has 1 fully saturated rings. The largest absolute Gasteiger partial charge is 0.434 e. The van der Waals surface area contributed by atoms with Crippen LogP contribution < -0.4 is 0 Å². The Labute approximate surface area is 110 Å². The topological polar surface area (TPSA) is 29.5 Å². The molecule has 1 aliphatic carbocycles. The molecular formula is C12H20ClF3O2. The Balaban J connectivity index is 2.67. The molecule has 108 valence electrons. The van der Waals surface area contributed by atoms with E-state index >= 15 is 0 Å². The van der Waals surface area contributed by atoms with Crippen LogP contribution in [0.1, 0.15) is 45.4 Å². The van der Waals surface area contributed by atoms with Crippen LogP contribution in [0.4, 0.5) is 13.2 Å². The van der Waals surface area contributed by atoms with E-state index in [2.05, 4.69) is 4.74 Å². The van der Waals surface area contributed by atoms with Gasteiger partial charge in [-0.15, -0.1) is 0 Å². The number of aliphatic hydroxyl groups excluding tert-OH is 1. The Bertz CT molecular complexity index is 254. The number of halogens is 4. The molecule has 2 unspecified atom stereocenters. The average molecular weight is 289 g/mol. The standard InChI is InChI=1S/C12H20ClF3O2/c1-2-18-11(13,12(14,15)16)10(17)8-9-6-4-3-5-7-9/h9-10,17H,2-8H2,1H3. The third-order valence-electron chi connectivity index (χ3n) is 3.45. The van der Waals surface area contributed by atoms with Crippen molar-refractivity contribution < 1.29 is 23.0 Å². The van der Waals surface area contributed by atoms with Gasteiger partial charge in [0.15, 0.2) is 0 Å². The molecule has 0 saturated heterocycles. The van der Waals surface area contributed by atoms with Gasteiger partial charge in [-0.25, -0.2) is 0 Å². The van der Waals surface area contributed by atoms with E-state index < -0.39 is 17.3 Å². The van der Waals surface area contributed by atoms with E-state index in [9.17, 15) is 18.3 Å². The second-order valence-electron chi connectivity index (χ2n) is 4.83. The van der Waals surface area contributed by atoms with Gasteiger partial charge >= 0.3 is 6.18 Å². The summed E-state index contributed by atoms with van der Waals surface area (Å²) < 4.78 is 43.2. The minimum Gasteiger partial charge on any atom is -0.388 e. The summed E-state index contributed by atoms with van der Waals surface area (Å²) in [7, 11) is 0. The van der Waals surface area contributed by atoms with Crippen molar-refractivity contribution in [3.8, 4) is 0 Å². The van der Waals surface area contributed by atoms with Gasteiger partial charge in [0.05, 0.1) is 0 Å². The third-order valence-corrected chi connectivity index (χ3v) is 4.03. The first-order valence-electron chi connectivity index (χ1n) is 6.39. The van der Waals surface area contributed by atoms with Gasteiger partial charge in [0, 0.05) is 6.61 Å². The van der Waals surface area contributed by atoms with E-state index in [1.807, 2.05) is 0 Å². The zero-order valence-corrected chi connectivity index (χ0v) is 11.2. The number of rotatable bonds is 5. The molecule has 2 nitrogen and oxygen atoms in total. The van der Waals surface area contributed by atoms with Crippen molar-refractivity contribution in [3.63, 3.8) is 0 Å². The maximum Gasteiger partial charge on any atom is 0.434 e. The molecule has 0 amide bonds. The van der Waals surface area contributed by atoms with Crippen LogP contribution in [-0.4, -0.2) is 29.1 Å². The normalized spacial score (nSPS) is 23.7. The monoisotopic (exact) mass is 288 g/mol. The highest BCUT2D eigenvalue weighted by Gasteiger charge is 2.59. The van der Waals surface area contributed by atoms with Crippen LogP contribution in [-0.2, 0) is 4.74 Å². The van der Waals surface area contributed by atoms with E-state index in [1.54, 1.807) is 0 Å². The van der Waals surface area contributed by atoms with Crippen LogP contribution in [0.3, 0.4) is 0 Å². The highest BCUT2D eigenvalue weighted by molar-refractivity contribution is 6.24. The van der Waals surface area contributed by atoms with E-state index in [4.69, 9.17) is 11.6 Å². The summed E-state index contributed by atoms with van der Waals surface area (Å²) in [6, 6.07) is 0. The maximum absolute atomic E-state index is 12.9. The van der Waals surface area contributed by atoms with Gasteiger partial charge in [0.25, 0.3) is 5.06 Å². The lowest BCUT2D eigenvalue weighted by Gasteiger charge is -2.35. The van der Waals surface area contributed by atoms with E-state index in [1.165, 1.54) is 6.92 Å². The molecule has 0 aromatic carbocycles. The second kappa shape index (κ2) is 6.44. The minimum atomic E-state index is -4.78. The zero-order valence-electron chi connectivity index (χ0n) is 10.5. The number of ether oxygens (including phenoxy) is 1. The number of alkyl halides is 4. The van der Waals surface area contributed by atoms with Gasteiger partial charge in [-0.1, -0.05) is 43.7 Å². The van der Waals surface area contributed by atoms with Crippen molar-refractivity contribution in [2.75, 3.05) is 6.61 Å². The van der Waals surface area contributed by atoms with Gasteiger partial charge in [0.2, 0.25) is 0 Å². The molecule has 1 saturated carbocycles. The summed E-state index contributed by atoms with van der Waals surface area (Å²) in [4.78, 5) is 0. The lowest BCUT2D eigenvalue weighted by molar-refractivity contribution is -0.270. The number of hydrogen-bond donors (Lipinski definition) is 1. The van der Waals surface area contributed by atoms with Gasteiger partial charge in [-0.3, -0.25) is 0 Å². The summed E-state index contributed by atoms with van der Waals surface area (Å²) >= 11 is 5.49. The van der Waals surface area contributed by atoms with Crippen LogP contribution in [0.2, 0.25) is 0 Å². The Morgan fingerprint density at radius 1 is 1.28 bits per heavy atom. The third kappa shape index (κ3) is 3.75. The molecule has 0 aromatic rings. The Kier molecular flexibility index (Phi) is 5.74. The fraction of sp³-hybridized carbons (Fsp3) is 1.00. The molecule has 1 N–H and O–H groups in total. The van der Waals surface area contributed by atoms with Gasteiger partial charge < -0.3 is 9.84 Å². The van der Waals surface area contributed by atoms with Crippen LogP contribution in [0.25, 0.3) is 0 Å². The molecule has 0 radical (unpaired) electrons. The van der Waals surface area contributed by atoms with E-state index in [0.717, 1.165) is 32.1 Å². The van der Waals surface area contributed by atoms with Gasteiger partial charge in [-0.2, -0.15) is 13.2 Å². The fourth-order valence-electron chi connectivity index (χ4n) is 2.47. The second-order valence-corrected chi connectivity index (χ2v) is 5.39. The van der Waals surface area contributed by atoms with Crippen LogP contribution in [0.5, 0.6) is 0 Å². The lowest BCUT2D eigenvalue weighted by Crippen LogP contribution is -2.52. The molecular weight excluding hydrogens is 269 g/mol. The minimum absolute atomic E-state index is 0.0447. The lowest BCUT2D eigenvalue weighted by atomic mass is 9.84. The van der Waals surface area contributed by atoms with Crippen molar-refractivity contribution in [1.29, 1.82) is 0 Å². The smallest absolute Gasteiger partial charge is 0.388 e. The summed E-state index contributed by atoms with van der Waals surface area (Å²) in [5.41, 5.74) is 0. The Morgan fingerprint density at radius 2 is 1.83 bits per heavy atom. The first-order valence-corrected chi connectivity index (χ1v) is 6.76. The SMILES string of the molecule is CCOC(Cl)(C(O)CC1CCCCC1)C(F)(F)F. The average Bonchev–Trinajstić information content (AvgIpc) is 2.29. The van der Waals surface area contributed by atoms with Gasteiger partial charge in [-0.05, 0) is 19.3 Å². The molecule has 2 atom stereocenters. The molecule has 1 aliphatic rings. The predicted octanol–water partition coefficient (Wildman–Crippen LogP) is 3.85. The summed E-state index contributed by atoms with van der Waals surface area (Å²) in [5.74, 6) is 0.106. The zero-order chi connectivity index (χ0) is 13.8. The highest BCUT2D eigenvalue weighted by Crippen LogP contribution is 2.43. The maximum atomic E-state index is 12.9. The Morgan fingerprint density at radius 3 is 2.28 bits per heavy atom. The first kappa shape index (κ1) is 16.1. The molecule has 6 heteroatoms. The van der Waals surface area contributed by atoms with Crippen LogP contribution in [0, 0.1) is 5.92 Å². The van der Waals surface area contributed by atoms with Crippen LogP contribution >= 0.6 is 11.6 Å².